The van der Waals surface area contributed by atoms with Gasteiger partial charge < -0.3 is 49.7 Å². The molecule has 0 saturated carbocycles. The number of hydrogen-bond donors (Lipinski definition) is 9. The van der Waals surface area contributed by atoms with Crippen molar-refractivity contribution >= 4 is 41.5 Å². The molecule has 204 valence electrons. The molecular weight excluding hydrogens is 478 g/mol. The maximum atomic E-state index is 12.9. The minimum Gasteiger partial charge on any atom is -0.480 e. The van der Waals surface area contributed by atoms with Gasteiger partial charge in [0, 0.05) is 13.0 Å². The second-order valence-electron chi connectivity index (χ2n) is 8.42. The number of guanidine groups is 1. The highest BCUT2D eigenvalue weighted by Crippen LogP contribution is 2.05. The van der Waals surface area contributed by atoms with E-state index < -0.39 is 66.1 Å². The number of hydrogen-bond acceptors (Lipinski definition) is 8. The lowest BCUT2D eigenvalue weighted by Gasteiger charge is -2.25. The van der Waals surface area contributed by atoms with Crippen molar-refractivity contribution in [3.05, 3.63) is 0 Å². The SMILES string of the molecule is CC(C)C(N)C(=O)NC(CC(N)=O)C(=O)NC(CCCN=C(N)N)C(=O)NC(CCC(N)=O)C(=O)O. The third-order valence-corrected chi connectivity index (χ3v) is 4.93. The number of rotatable bonds is 17. The number of aliphatic carboxylic acids is 1. The van der Waals surface area contributed by atoms with E-state index in [1.807, 2.05) is 0 Å². The van der Waals surface area contributed by atoms with Gasteiger partial charge in [0.1, 0.15) is 18.1 Å². The predicted molar refractivity (Wildman–Crippen MR) is 128 cm³/mol. The molecule has 0 spiro atoms. The molecule has 0 heterocycles. The van der Waals surface area contributed by atoms with Crippen LogP contribution in [-0.2, 0) is 28.8 Å². The van der Waals surface area contributed by atoms with Crippen LogP contribution >= 0.6 is 0 Å². The number of nitrogens with zero attached hydrogens (tertiary/aromatic N) is 1. The molecule has 0 aliphatic carbocycles. The van der Waals surface area contributed by atoms with Crippen molar-refractivity contribution in [1.82, 2.24) is 16.0 Å². The number of carboxylic acid groups (broad SMARTS) is 1. The van der Waals surface area contributed by atoms with Gasteiger partial charge in [0.2, 0.25) is 29.5 Å². The number of nitrogens with one attached hydrogen (secondary N) is 3. The minimum absolute atomic E-state index is 0.0424. The van der Waals surface area contributed by atoms with E-state index in [4.69, 9.17) is 28.7 Å². The monoisotopic (exact) mass is 515 g/mol. The van der Waals surface area contributed by atoms with Crippen molar-refractivity contribution in [2.75, 3.05) is 6.54 Å². The Balaban J connectivity index is 5.68. The molecular formula is C20H37N9O7. The average molecular weight is 516 g/mol. The number of aliphatic imine (C=N–C) groups is 1. The summed E-state index contributed by atoms with van der Waals surface area (Å²) < 4.78 is 0. The quantitative estimate of drug-likeness (QED) is 0.0509. The van der Waals surface area contributed by atoms with E-state index in [1.54, 1.807) is 13.8 Å². The van der Waals surface area contributed by atoms with E-state index in [2.05, 4.69) is 20.9 Å². The number of primary amides is 2. The van der Waals surface area contributed by atoms with Gasteiger partial charge in [-0.1, -0.05) is 13.8 Å². The Morgan fingerprint density at radius 1 is 0.778 bits per heavy atom. The summed E-state index contributed by atoms with van der Waals surface area (Å²) in [7, 11) is 0. The smallest absolute Gasteiger partial charge is 0.326 e. The molecule has 14 N–H and O–H groups in total. The van der Waals surface area contributed by atoms with Gasteiger partial charge >= 0.3 is 5.97 Å². The highest BCUT2D eigenvalue weighted by Gasteiger charge is 2.31. The first kappa shape index (κ1) is 32.0. The predicted octanol–water partition coefficient (Wildman–Crippen LogP) is -4.30. The zero-order chi connectivity index (χ0) is 28.0. The molecule has 0 radical (unpaired) electrons. The van der Waals surface area contributed by atoms with E-state index in [9.17, 15) is 33.9 Å². The molecule has 0 rings (SSSR count). The summed E-state index contributed by atoms with van der Waals surface area (Å²) in [6, 6.07) is -5.20. The zero-order valence-corrected chi connectivity index (χ0v) is 20.4. The van der Waals surface area contributed by atoms with Crippen molar-refractivity contribution in [3.8, 4) is 0 Å². The third-order valence-electron chi connectivity index (χ3n) is 4.93. The van der Waals surface area contributed by atoms with E-state index >= 15 is 0 Å². The minimum atomic E-state index is -1.47. The molecule has 0 aromatic rings. The van der Waals surface area contributed by atoms with Crippen LogP contribution in [0.4, 0.5) is 0 Å². The lowest BCUT2D eigenvalue weighted by Crippen LogP contribution is -2.58. The second-order valence-corrected chi connectivity index (χ2v) is 8.42. The summed E-state index contributed by atoms with van der Waals surface area (Å²) in [5.41, 5.74) is 26.5. The Kier molecular flexibility index (Phi) is 14.1. The van der Waals surface area contributed by atoms with Crippen LogP contribution in [0.25, 0.3) is 0 Å². The first-order valence-corrected chi connectivity index (χ1v) is 11.2. The van der Waals surface area contributed by atoms with Crippen molar-refractivity contribution in [1.29, 1.82) is 0 Å². The highest BCUT2D eigenvalue weighted by atomic mass is 16.4. The fourth-order valence-electron chi connectivity index (χ4n) is 2.84. The van der Waals surface area contributed by atoms with Crippen LogP contribution in [0.5, 0.6) is 0 Å². The summed E-state index contributed by atoms with van der Waals surface area (Å²) in [4.78, 5) is 75.8. The number of carbonyl (C=O) groups is 6. The van der Waals surface area contributed by atoms with Gasteiger partial charge in [-0.2, -0.15) is 0 Å². The standard InChI is InChI=1S/C20H37N9O7/c1-9(2)15(23)18(34)29-12(8-14(22)31)17(33)27-10(4-3-7-26-20(24)25)16(32)28-11(19(35)36)5-6-13(21)30/h9-12,15H,3-8,23H2,1-2H3,(H2,21,30)(H2,22,31)(H,27,33)(H,28,32)(H,29,34)(H,35,36)(H4,24,25,26). The first-order chi connectivity index (χ1) is 16.6. The Labute approximate surface area is 208 Å². The molecule has 16 heteroatoms. The molecule has 0 aromatic heterocycles. The lowest BCUT2D eigenvalue weighted by molar-refractivity contribution is -0.142. The Hall–Kier alpha value is -3.95. The van der Waals surface area contributed by atoms with E-state index in [0.717, 1.165) is 0 Å². The molecule has 36 heavy (non-hydrogen) atoms. The highest BCUT2D eigenvalue weighted by molar-refractivity contribution is 5.96. The van der Waals surface area contributed by atoms with E-state index in [0.29, 0.717) is 0 Å². The van der Waals surface area contributed by atoms with Crippen molar-refractivity contribution in [2.24, 2.45) is 39.6 Å². The second kappa shape index (κ2) is 15.9. The van der Waals surface area contributed by atoms with Gasteiger partial charge in [-0.05, 0) is 25.2 Å². The molecule has 0 fully saturated rings. The van der Waals surface area contributed by atoms with Crippen molar-refractivity contribution in [2.45, 2.75) is 70.1 Å². The Morgan fingerprint density at radius 3 is 1.78 bits per heavy atom. The Bertz CT molecular complexity index is 843. The summed E-state index contributed by atoms with van der Waals surface area (Å²) in [5.74, 6) is -6.08. The third kappa shape index (κ3) is 13.1. The van der Waals surface area contributed by atoms with Gasteiger partial charge in [-0.15, -0.1) is 0 Å². The van der Waals surface area contributed by atoms with Crippen LogP contribution in [0.3, 0.4) is 0 Å². The molecule has 0 saturated heterocycles. The summed E-state index contributed by atoms with van der Waals surface area (Å²) in [6.45, 7) is 3.46. The molecule has 5 amide bonds. The topological polar surface area (TPSA) is 301 Å². The maximum Gasteiger partial charge on any atom is 0.326 e. The fraction of sp³-hybridized carbons (Fsp3) is 0.650. The maximum absolute atomic E-state index is 12.9. The van der Waals surface area contributed by atoms with Gasteiger partial charge in [0.25, 0.3) is 0 Å². The summed E-state index contributed by atoms with van der Waals surface area (Å²) in [6.07, 6.45) is -1.01. The molecule has 0 bridgehead atoms. The van der Waals surface area contributed by atoms with Gasteiger partial charge in [0.05, 0.1) is 12.5 Å². The molecule has 0 aromatic carbocycles. The van der Waals surface area contributed by atoms with Crippen LogP contribution in [0.1, 0.15) is 46.0 Å². The first-order valence-electron chi connectivity index (χ1n) is 11.2. The van der Waals surface area contributed by atoms with Crippen LogP contribution in [-0.4, -0.2) is 77.3 Å². The van der Waals surface area contributed by atoms with Crippen LogP contribution < -0.4 is 44.6 Å². The van der Waals surface area contributed by atoms with Crippen LogP contribution in [0, 0.1) is 5.92 Å². The number of carbonyl (C=O) groups excluding carboxylic acids is 5. The number of nitrogens with two attached hydrogens (primary N) is 5. The van der Waals surface area contributed by atoms with Gasteiger partial charge in [0.15, 0.2) is 5.96 Å². The average Bonchev–Trinajstić information content (AvgIpc) is 2.76. The van der Waals surface area contributed by atoms with E-state index in [1.165, 1.54) is 0 Å². The summed E-state index contributed by atoms with van der Waals surface area (Å²) in [5, 5.41) is 16.3. The zero-order valence-electron chi connectivity index (χ0n) is 20.4. The molecule has 0 aliphatic rings. The largest absolute Gasteiger partial charge is 0.480 e. The molecule has 4 unspecified atom stereocenters. The lowest BCUT2D eigenvalue weighted by atomic mass is 10.0. The van der Waals surface area contributed by atoms with Gasteiger partial charge in [-0.3, -0.25) is 29.0 Å². The van der Waals surface area contributed by atoms with Crippen LogP contribution in [0.15, 0.2) is 4.99 Å². The normalized spacial score (nSPS) is 14.0. The number of amides is 5. The van der Waals surface area contributed by atoms with Crippen molar-refractivity contribution in [3.63, 3.8) is 0 Å². The molecule has 4 atom stereocenters. The molecule has 16 nitrogen and oxygen atoms in total. The van der Waals surface area contributed by atoms with E-state index in [-0.39, 0.29) is 44.1 Å². The fourth-order valence-corrected chi connectivity index (χ4v) is 2.84. The van der Waals surface area contributed by atoms with Crippen molar-refractivity contribution < 1.29 is 33.9 Å². The van der Waals surface area contributed by atoms with Gasteiger partial charge in [-0.25, -0.2) is 4.79 Å². The number of carboxylic acids is 1. The Morgan fingerprint density at radius 2 is 1.31 bits per heavy atom. The van der Waals surface area contributed by atoms with Crippen LogP contribution in [0.2, 0.25) is 0 Å². The molecule has 0 aliphatic heterocycles. The summed E-state index contributed by atoms with van der Waals surface area (Å²) >= 11 is 0.